The molecule has 176 valence electrons. The lowest BCUT2D eigenvalue weighted by Crippen LogP contribution is -2.40. The lowest BCUT2D eigenvalue weighted by Gasteiger charge is -2.36. The second-order valence-electron chi connectivity index (χ2n) is 8.59. The number of hydrogen-bond donors (Lipinski definition) is 0. The van der Waals surface area contributed by atoms with Crippen molar-refractivity contribution in [2.24, 2.45) is 0 Å². The molecule has 3 aromatic carbocycles. The molecule has 0 unspecified atom stereocenters. The number of methoxy groups -OCH3 is 3. The quantitative estimate of drug-likeness (QED) is 0.448. The van der Waals surface area contributed by atoms with E-state index in [0.717, 1.165) is 40.5 Å². The molecule has 1 aliphatic rings. The summed E-state index contributed by atoms with van der Waals surface area (Å²) in [5.74, 6) is 2.07. The number of rotatable bonds is 8. The Morgan fingerprint density at radius 2 is 1.64 bits per heavy atom. The van der Waals surface area contributed by atoms with Crippen molar-refractivity contribution in [2.45, 2.75) is 45.2 Å². The SMILES string of the molecule is COc1cc(OCc2ccccc2)c2c(OC)cc(C[C@@H]3CCOC(C)(C)O3)cc2c1OC. The van der Waals surface area contributed by atoms with Crippen molar-refractivity contribution in [1.29, 1.82) is 0 Å². The second kappa shape index (κ2) is 9.89. The fourth-order valence-corrected chi connectivity index (χ4v) is 4.32. The van der Waals surface area contributed by atoms with Gasteiger partial charge >= 0.3 is 0 Å². The first-order valence-electron chi connectivity index (χ1n) is 11.2. The van der Waals surface area contributed by atoms with Crippen molar-refractivity contribution in [1.82, 2.24) is 0 Å². The Hall–Kier alpha value is -2.96. The van der Waals surface area contributed by atoms with Crippen LogP contribution >= 0.6 is 0 Å². The van der Waals surface area contributed by atoms with Crippen molar-refractivity contribution >= 4 is 10.8 Å². The van der Waals surface area contributed by atoms with Crippen LogP contribution in [0, 0.1) is 0 Å². The van der Waals surface area contributed by atoms with Crippen molar-refractivity contribution in [3.05, 3.63) is 59.7 Å². The van der Waals surface area contributed by atoms with E-state index in [2.05, 4.69) is 12.1 Å². The van der Waals surface area contributed by atoms with Crippen molar-refractivity contribution < 1.29 is 28.4 Å². The summed E-state index contributed by atoms with van der Waals surface area (Å²) in [7, 11) is 4.94. The number of fused-ring (bicyclic) bond motifs is 1. The maximum absolute atomic E-state index is 6.25. The molecule has 0 aromatic heterocycles. The van der Waals surface area contributed by atoms with E-state index in [4.69, 9.17) is 28.4 Å². The second-order valence-corrected chi connectivity index (χ2v) is 8.59. The topological polar surface area (TPSA) is 55.4 Å². The third kappa shape index (κ3) is 5.18. The highest BCUT2D eigenvalue weighted by atomic mass is 16.7. The highest BCUT2D eigenvalue weighted by Crippen LogP contribution is 2.46. The molecule has 4 rings (SSSR count). The van der Waals surface area contributed by atoms with Gasteiger partial charge in [-0.1, -0.05) is 30.3 Å². The molecule has 1 atom stereocenters. The Bertz CT molecular complexity index is 1090. The highest BCUT2D eigenvalue weighted by Gasteiger charge is 2.30. The van der Waals surface area contributed by atoms with Crippen molar-refractivity contribution in [3.8, 4) is 23.0 Å². The summed E-state index contributed by atoms with van der Waals surface area (Å²) >= 11 is 0. The van der Waals surface area contributed by atoms with E-state index < -0.39 is 5.79 Å². The fourth-order valence-electron chi connectivity index (χ4n) is 4.32. The standard InChI is InChI=1S/C27H32O6/c1-27(2)32-12-11-20(33-27)13-19-14-21-25(22(15-19)28-3)23(16-24(29-4)26(21)30-5)31-17-18-9-7-6-8-10-18/h6-10,14-16,20H,11-13,17H2,1-5H3/t20-/m0/s1. The van der Waals surface area contributed by atoms with Gasteiger partial charge in [-0.3, -0.25) is 0 Å². The molecule has 0 bridgehead atoms. The average molecular weight is 453 g/mol. The van der Waals surface area contributed by atoms with Crippen LogP contribution in [0.3, 0.4) is 0 Å². The van der Waals surface area contributed by atoms with Crippen LogP contribution in [0.2, 0.25) is 0 Å². The van der Waals surface area contributed by atoms with Crippen molar-refractivity contribution in [2.75, 3.05) is 27.9 Å². The maximum Gasteiger partial charge on any atom is 0.168 e. The van der Waals surface area contributed by atoms with Crippen LogP contribution in [-0.4, -0.2) is 39.8 Å². The minimum absolute atomic E-state index is 0.0568. The molecule has 3 aromatic rings. The molecule has 1 fully saturated rings. The Labute approximate surface area is 195 Å². The van der Waals surface area contributed by atoms with Crippen LogP contribution < -0.4 is 18.9 Å². The van der Waals surface area contributed by atoms with Crippen LogP contribution in [-0.2, 0) is 22.5 Å². The maximum atomic E-state index is 6.25. The molecule has 0 radical (unpaired) electrons. The van der Waals surface area contributed by atoms with Gasteiger partial charge in [0.25, 0.3) is 0 Å². The minimum Gasteiger partial charge on any atom is -0.496 e. The Kier molecular flexibility index (Phi) is 6.96. The summed E-state index contributed by atoms with van der Waals surface area (Å²) in [5, 5.41) is 1.73. The van der Waals surface area contributed by atoms with Gasteiger partial charge in [0.2, 0.25) is 0 Å². The molecule has 0 saturated carbocycles. The summed E-state index contributed by atoms with van der Waals surface area (Å²) in [6, 6.07) is 16.1. The van der Waals surface area contributed by atoms with Crippen LogP contribution in [0.25, 0.3) is 10.8 Å². The third-order valence-corrected chi connectivity index (χ3v) is 5.82. The zero-order chi connectivity index (χ0) is 23.4. The van der Waals surface area contributed by atoms with E-state index in [0.29, 0.717) is 30.5 Å². The zero-order valence-electron chi connectivity index (χ0n) is 20.0. The van der Waals surface area contributed by atoms with E-state index in [9.17, 15) is 0 Å². The van der Waals surface area contributed by atoms with Gasteiger partial charge in [-0.25, -0.2) is 0 Å². The van der Waals surface area contributed by atoms with Gasteiger partial charge in [-0.2, -0.15) is 0 Å². The summed E-state index contributed by atoms with van der Waals surface area (Å²) in [4.78, 5) is 0. The first-order chi connectivity index (χ1) is 15.9. The van der Waals surface area contributed by atoms with Crippen molar-refractivity contribution in [3.63, 3.8) is 0 Å². The summed E-state index contributed by atoms with van der Waals surface area (Å²) < 4.78 is 35.3. The molecular weight excluding hydrogens is 420 g/mol. The molecule has 0 N–H and O–H groups in total. The molecule has 0 aliphatic carbocycles. The van der Waals surface area contributed by atoms with E-state index in [1.165, 1.54) is 0 Å². The number of hydrogen-bond acceptors (Lipinski definition) is 6. The highest BCUT2D eigenvalue weighted by molar-refractivity contribution is 6.00. The molecule has 1 saturated heterocycles. The lowest BCUT2D eigenvalue weighted by atomic mass is 9.98. The largest absolute Gasteiger partial charge is 0.496 e. The van der Waals surface area contributed by atoms with Crippen LogP contribution in [0.15, 0.2) is 48.5 Å². The van der Waals surface area contributed by atoms with Gasteiger partial charge in [0, 0.05) is 11.5 Å². The van der Waals surface area contributed by atoms with E-state index in [-0.39, 0.29) is 6.10 Å². The van der Waals surface area contributed by atoms with Crippen LogP contribution in [0.4, 0.5) is 0 Å². The number of benzene rings is 3. The minimum atomic E-state index is -0.580. The number of ether oxygens (including phenoxy) is 6. The molecule has 0 spiro atoms. The Morgan fingerprint density at radius 1 is 0.879 bits per heavy atom. The van der Waals surface area contributed by atoms with Gasteiger partial charge in [0.05, 0.1) is 39.4 Å². The molecule has 1 heterocycles. The first-order valence-corrected chi connectivity index (χ1v) is 11.2. The van der Waals surface area contributed by atoms with E-state index in [1.54, 1.807) is 21.3 Å². The van der Waals surface area contributed by atoms with Crippen LogP contribution in [0.5, 0.6) is 23.0 Å². The molecule has 6 heteroatoms. The summed E-state index contributed by atoms with van der Waals surface area (Å²) in [6.07, 6.45) is 1.63. The van der Waals surface area contributed by atoms with Crippen LogP contribution in [0.1, 0.15) is 31.4 Å². The lowest BCUT2D eigenvalue weighted by molar-refractivity contribution is -0.272. The molecular formula is C27H32O6. The predicted molar refractivity (Wildman–Crippen MR) is 128 cm³/mol. The smallest absolute Gasteiger partial charge is 0.168 e. The Balaban J connectivity index is 1.76. The molecule has 1 aliphatic heterocycles. The van der Waals surface area contributed by atoms with Gasteiger partial charge < -0.3 is 28.4 Å². The molecule has 6 nitrogen and oxygen atoms in total. The fraction of sp³-hybridized carbons (Fsp3) is 0.407. The Morgan fingerprint density at radius 3 is 2.30 bits per heavy atom. The summed E-state index contributed by atoms with van der Waals surface area (Å²) in [5.41, 5.74) is 2.16. The normalized spacial score (nSPS) is 17.5. The molecule has 33 heavy (non-hydrogen) atoms. The van der Waals surface area contributed by atoms with Gasteiger partial charge in [-0.15, -0.1) is 0 Å². The average Bonchev–Trinajstić information content (AvgIpc) is 2.81. The van der Waals surface area contributed by atoms with Gasteiger partial charge in [0.1, 0.15) is 18.1 Å². The third-order valence-electron chi connectivity index (χ3n) is 5.82. The predicted octanol–water partition coefficient (Wildman–Crippen LogP) is 5.53. The van der Waals surface area contributed by atoms with E-state index in [1.807, 2.05) is 50.2 Å². The summed E-state index contributed by atoms with van der Waals surface area (Å²) in [6.45, 7) is 5.01. The monoisotopic (exact) mass is 452 g/mol. The first kappa shape index (κ1) is 23.2. The van der Waals surface area contributed by atoms with E-state index >= 15 is 0 Å². The van der Waals surface area contributed by atoms with Gasteiger partial charge in [0.15, 0.2) is 17.3 Å². The van der Waals surface area contributed by atoms with Gasteiger partial charge in [-0.05, 0) is 49.9 Å². The zero-order valence-corrected chi connectivity index (χ0v) is 20.0. The molecule has 0 amide bonds.